The average Bonchev–Trinajstić information content (AvgIpc) is 2.07. The van der Waals surface area contributed by atoms with Gasteiger partial charge in [0, 0.05) is 0 Å². The minimum absolute atomic E-state index is 0.0278. The highest BCUT2D eigenvalue weighted by Gasteiger charge is 2.06. The van der Waals surface area contributed by atoms with E-state index in [-0.39, 0.29) is 18.5 Å². The zero-order valence-corrected chi connectivity index (χ0v) is 6.92. The van der Waals surface area contributed by atoms with E-state index >= 15 is 0 Å². The van der Waals surface area contributed by atoms with E-state index in [4.69, 9.17) is 5.11 Å². The normalized spacial score (nSPS) is 12.9. The highest BCUT2D eigenvalue weighted by molar-refractivity contribution is 5.19. The fourth-order valence-corrected chi connectivity index (χ4v) is 1.09. The zero-order valence-electron chi connectivity index (χ0n) is 6.92. The van der Waals surface area contributed by atoms with E-state index < -0.39 is 0 Å². The van der Waals surface area contributed by atoms with Crippen LogP contribution < -0.4 is 5.32 Å². The van der Waals surface area contributed by atoms with Crippen molar-refractivity contribution in [3.63, 3.8) is 0 Å². The zero-order chi connectivity index (χ0) is 8.97. The third-order valence-corrected chi connectivity index (χ3v) is 1.78. The Bertz CT molecular complexity index is 248. The molecule has 3 heteroatoms. The molecule has 0 spiro atoms. The van der Waals surface area contributed by atoms with Crippen molar-refractivity contribution in [3.8, 4) is 0 Å². The molecule has 66 valence electrons. The van der Waals surface area contributed by atoms with E-state index in [0.717, 1.165) is 5.56 Å². The first-order valence-corrected chi connectivity index (χ1v) is 3.81. The van der Waals surface area contributed by atoms with Gasteiger partial charge in [-0.1, -0.05) is 12.1 Å². The molecule has 0 saturated heterocycles. The van der Waals surface area contributed by atoms with Crippen molar-refractivity contribution in [2.75, 3.05) is 13.7 Å². The SMILES string of the molecule is CN[C@@H](CO)c1cccc(F)c1. The molecule has 12 heavy (non-hydrogen) atoms. The van der Waals surface area contributed by atoms with E-state index in [1.54, 1.807) is 19.2 Å². The highest BCUT2D eigenvalue weighted by Crippen LogP contribution is 2.12. The lowest BCUT2D eigenvalue weighted by Gasteiger charge is -2.12. The molecule has 0 aliphatic heterocycles. The van der Waals surface area contributed by atoms with Gasteiger partial charge in [-0.05, 0) is 24.7 Å². The predicted molar refractivity (Wildman–Crippen MR) is 45.3 cm³/mol. The number of benzene rings is 1. The largest absolute Gasteiger partial charge is 0.394 e. The smallest absolute Gasteiger partial charge is 0.123 e. The number of nitrogens with one attached hydrogen (secondary N) is 1. The highest BCUT2D eigenvalue weighted by atomic mass is 19.1. The van der Waals surface area contributed by atoms with Crippen LogP contribution in [0.4, 0.5) is 4.39 Å². The lowest BCUT2D eigenvalue weighted by molar-refractivity contribution is 0.250. The topological polar surface area (TPSA) is 32.3 Å². The van der Waals surface area contributed by atoms with E-state index in [1.807, 2.05) is 0 Å². The van der Waals surface area contributed by atoms with Gasteiger partial charge < -0.3 is 10.4 Å². The standard InChI is InChI=1S/C9H12FNO/c1-11-9(6-12)7-3-2-4-8(10)5-7/h2-5,9,11-12H,6H2,1H3/t9-/m0/s1. The van der Waals surface area contributed by atoms with E-state index in [2.05, 4.69) is 5.32 Å². The van der Waals surface area contributed by atoms with Crippen LogP contribution in [0, 0.1) is 5.82 Å². The van der Waals surface area contributed by atoms with Gasteiger partial charge >= 0.3 is 0 Å². The van der Waals surface area contributed by atoms with Crippen molar-refractivity contribution in [1.29, 1.82) is 0 Å². The van der Waals surface area contributed by atoms with E-state index in [1.165, 1.54) is 12.1 Å². The first kappa shape index (κ1) is 9.16. The van der Waals surface area contributed by atoms with Crippen molar-refractivity contribution in [1.82, 2.24) is 5.32 Å². The summed E-state index contributed by atoms with van der Waals surface area (Å²) in [6.45, 7) is -0.0278. The van der Waals surface area contributed by atoms with Gasteiger partial charge in [-0.3, -0.25) is 0 Å². The van der Waals surface area contributed by atoms with Crippen LogP contribution in [-0.2, 0) is 0 Å². The van der Waals surface area contributed by atoms with Crippen LogP contribution in [0.2, 0.25) is 0 Å². The number of hydrogen-bond acceptors (Lipinski definition) is 2. The minimum atomic E-state index is -0.277. The number of aliphatic hydroxyl groups excluding tert-OH is 1. The van der Waals surface area contributed by atoms with Crippen molar-refractivity contribution in [2.45, 2.75) is 6.04 Å². The molecular formula is C9H12FNO. The summed E-state index contributed by atoms with van der Waals surface area (Å²) in [5.74, 6) is -0.277. The molecule has 1 rings (SSSR count). The van der Waals surface area contributed by atoms with Gasteiger partial charge in [0.15, 0.2) is 0 Å². The second kappa shape index (κ2) is 4.18. The first-order chi connectivity index (χ1) is 5.77. The summed E-state index contributed by atoms with van der Waals surface area (Å²) >= 11 is 0. The molecule has 0 amide bonds. The summed E-state index contributed by atoms with van der Waals surface area (Å²) in [5, 5.41) is 11.8. The molecule has 0 bridgehead atoms. The molecule has 0 heterocycles. The fourth-order valence-electron chi connectivity index (χ4n) is 1.09. The Morgan fingerprint density at radius 2 is 2.33 bits per heavy atom. The summed E-state index contributed by atoms with van der Waals surface area (Å²) < 4.78 is 12.7. The molecule has 0 aromatic heterocycles. The predicted octanol–water partition coefficient (Wildman–Crippen LogP) is 1.08. The molecule has 0 unspecified atom stereocenters. The van der Waals surface area contributed by atoms with Crippen molar-refractivity contribution < 1.29 is 9.50 Å². The van der Waals surface area contributed by atoms with Crippen LogP contribution >= 0.6 is 0 Å². The third-order valence-electron chi connectivity index (χ3n) is 1.78. The van der Waals surface area contributed by atoms with Gasteiger partial charge in [-0.2, -0.15) is 0 Å². The lowest BCUT2D eigenvalue weighted by atomic mass is 10.1. The first-order valence-electron chi connectivity index (χ1n) is 3.81. The summed E-state index contributed by atoms with van der Waals surface area (Å²) in [7, 11) is 1.73. The second-order valence-electron chi connectivity index (χ2n) is 2.58. The molecule has 2 N–H and O–H groups in total. The maximum Gasteiger partial charge on any atom is 0.123 e. The Labute approximate surface area is 71.0 Å². The molecule has 0 fully saturated rings. The van der Waals surface area contributed by atoms with Crippen LogP contribution in [0.15, 0.2) is 24.3 Å². The van der Waals surface area contributed by atoms with Crippen LogP contribution in [0.25, 0.3) is 0 Å². The molecule has 1 aromatic carbocycles. The molecule has 1 aromatic rings. The molecule has 0 aliphatic carbocycles. The molecule has 0 radical (unpaired) electrons. The lowest BCUT2D eigenvalue weighted by Crippen LogP contribution is -2.19. The number of rotatable bonds is 3. The Balaban J connectivity index is 2.85. The maximum atomic E-state index is 12.7. The van der Waals surface area contributed by atoms with Gasteiger partial charge in [0.1, 0.15) is 5.82 Å². The van der Waals surface area contributed by atoms with Gasteiger partial charge in [0.05, 0.1) is 12.6 Å². The molecule has 0 saturated carbocycles. The minimum Gasteiger partial charge on any atom is -0.394 e. The average molecular weight is 169 g/mol. The van der Waals surface area contributed by atoms with E-state index in [9.17, 15) is 4.39 Å². The summed E-state index contributed by atoms with van der Waals surface area (Å²) in [5.41, 5.74) is 0.764. The van der Waals surface area contributed by atoms with Crippen LogP contribution in [0.5, 0.6) is 0 Å². The Hall–Kier alpha value is -0.930. The van der Waals surface area contributed by atoms with Crippen molar-refractivity contribution >= 4 is 0 Å². The maximum absolute atomic E-state index is 12.7. The molecule has 2 nitrogen and oxygen atoms in total. The molecular weight excluding hydrogens is 157 g/mol. The quantitative estimate of drug-likeness (QED) is 0.709. The Morgan fingerprint density at radius 3 is 2.83 bits per heavy atom. The van der Waals surface area contributed by atoms with Gasteiger partial charge in [0.2, 0.25) is 0 Å². The monoisotopic (exact) mass is 169 g/mol. The van der Waals surface area contributed by atoms with Crippen LogP contribution in [-0.4, -0.2) is 18.8 Å². The van der Waals surface area contributed by atoms with Crippen LogP contribution in [0.3, 0.4) is 0 Å². The van der Waals surface area contributed by atoms with E-state index in [0.29, 0.717) is 0 Å². The summed E-state index contributed by atoms with van der Waals surface area (Å²) in [6.07, 6.45) is 0. The van der Waals surface area contributed by atoms with Gasteiger partial charge in [-0.15, -0.1) is 0 Å². The second-order valence-corrected chi connectivity index (χ2v) is 2.58. The van der Waals surface area contributed by atoms with Crippen molar-refractivity contribution in [2.24, 2.45) is 0 Å². The van der Waals surface area contributed by atoms with Gasteiger partial charge in [-0.25, -0.2) is 4.39 Å². The summed E-state index contributed by atoms with van der Waals surface area (Å²) in [4.78, 5) is 0. The number of hydrogen-bond donors (Lipinski definition) is 2. The third kappa shape index (κ3) is 2.03. The number of aliphatic hydroxyl groups is 1. The summed E-state index contributed by atoms with van der Waals surface area (Å²) in [6, 6.07) is 6.02. The number of likely N-dealkylation sites (N-methyl/N-ethyl adjacent to an activating group) is 1. The van der Waals surface area contributed by atoms with Crippen molar-refractivity contribution in [3.05, 3.63) is 35.6 Å². The molecule has 1 atom stereocenters. The molecule has 0 aliphatic rings. The Kier molecular flexibility index (Phi) is 3.19. The fraction of sp³-hybridized carbons (Fsp3) is 0.333. The number of halogens is 1. The van der Waals surface area contributed by atoms with Crippen LogP contribution in [0.1, 0.15) is 11.6 Å². The Morgan fingerprint density at radius 1 is 1.58 bits per heavy atom. The van der Waals surface area contributed by atoms with Gasteiger partial charge in [0.25, 0.3) is 0 Å².